The van der Waals surface area contributed by atoms with Crippen LogP contribution in [0.1, 0.15) is 12.0 Å². The Balaban J connectivity index is 0.00000133. The molecule has 2 aliphatic heterocycles. The highest BCUT2D eigenvalue weighted by atomic mass is 35.5. The van der Waals surface area contributed by atoms with E-state index in [0.717, 1.165) is 25.2 Å². The lowest BCUT2D eigenvalue weighted by Gasteiger charge is -2.30. The summed E-state index contributed by atoms with van der Waals surface area (Å²) in [5.74, 6) is 0.605. The highest BCUT2D eigenvalue weighted by molar-refractivity contribution is 5.85. The third-order valence-electron chi connectivity index (χ3n) is 3.70. The second-order valence-electron chi connectivity index (χ2n) is 5.15. The fourth-order valence-electron chi connectivity index (χ4n) is 2.79. The van der Waals surface area contributed by atoms with E-state index in [1.807, 2.05) is 35.2 Å². The van der Waals surface area contributed by atoms with Crippen molar-refractivity contribution in [2.24, 2.45) is 5.92 Å². The van der Waals surface area contributed by atoms with E-state index < -0.39 is 0 Å². The van der Waals surface area contributed by atoms with Crippen LogP contribution in [0.2, 0.25) is 0 Å². The number of amides is 1. The van der Waals surface area contributed by atoms with Gasteiger partial charge in [0.05, 0.1) is 0 Å². The van der Waals surface area contributed by atoms with E-state index in [1.165, 1.54) is 6.42 Å². The van der Waals surface area contributed by atoms with Crippen molar-refractivity contribution in [1.29, 1.82) is 0 Å². The Bertz CT molecular complexity index is 415. The highest BCUT2D eigenvalue weighted by Gasteiger charge is 2.35. The van der Waals surface area contributed by atoms with Crippen molar-refractivity contribution < 1.29 is 9.53 Å². The molecule has 5 heteroatoms. The zero-order chi connectivity index (χ0) is 12.4. The van der Waals surface area contributed by atoms with Crippen LogP contribution in [-0.2, 0) is 11.3 Å². The maximum Gasteiger partial charge on any atom is 0.410 e. The summed E-state index contributed by atoms with van der Waals surface area (Å²) in [7, 11) is 0. The predicted octanol–water partition coefficient (Wildman–Crippen LogP) is 2.04. The van der Waals surface area contributed by atoms with Crippen LogP contribution in [0.25, 0.3) is 0 Å². The lowest BCUT2D eigenvalue weighted by Crippen LogP contribution is -2.44. The van der Waals surface area contributed by atoms with Gasteiger partial charge < -0.3 is 15.0 Å². The number of carbonyl (C=O) groups is 1. The maximum atomic E-state index is 12.0. The number of ether oxygens (including phenoxy) is 1. The fraction of sp³-hybridized carbons (Fsp3) is 0.500. The molecular formula is C14H19ClN2O2. The van der Waals surface area contributed by atoms with Crippen LogP contribution >= 0.6 is 12.4 Å². The van der Waals surface area contributed by atoms with Gasteiger partial charge in [0.1, 0.15) is 6.61 Å². The van der Waals surface area contributed by atoms with Gasteiger partial charge in [-0.1, -0.05) is 30.3 Å². The summed E-state index contributed by atoms with van der Waals surface area (Å²) in [4.78, 5) is 13.8. The molecule has 1 N–H and O–H groups in total. The molecule has 1 aromatic rings. The Labute approximate surface area is 119 Å². The summed E-state index contributed by atoms with van der Waals surface area (Å²) >= 11 is 0. The topological polar surface area (TPSA) is 41.6 Å². The number of nitrogens with one attached hydrogen (secondary N) is 1. The molecule has 4 nitrogen and oxygen atoms in total. The number of carbonyl (C=O) groups excluding carboxylic acids is 1. The minimum absolute atomic E-state index is 0. The van der Waals surface area contributed by atoms with Crippen molar-refractivity contribution in [1.82, 2.24) is 10.2 Å². The average Bonchev–Trinajstić information content (AvgIpc) is 2.76. The molecule has 3 rings (SSSR count). The molecule has 1 amide bonds. The van der Waals surface area contributed by atoms with Crippen molar-refractivity contribution in [2.45, 2.75) is 19.1 Å². The molecule has 2 fully saturated rings. The quantitative estimate of drug-likeness (QED) is 0.903. The van der Waals surface area contributed by atoms with Gasteiger partial charge in [-0.05, 0) is 17.9 Å². The van der Waals surface area contributed by atoms with Crippen LogP contribution in [0, 0.1) is 5.92 Å². The van der Waals surface area contributed by atoms with Gasteiger partial charge in [-0.3, -0.25) is 0 Å². The second kappa shape index (κ2) is 6.26. The van der Waals surface area contributed by atoms with Gasteiger partial charge in [0, 0.05) is 25.7 Å². The molecule has 1 aromatic carbocycles. The smallest absolute Gasteiger partial charge is 0.410 e. The molecule has 0 aromatic heterocycles. The number of hydrogen-bond donors (Lipinski definition) is 1. The van der Waals surface area contributed by atoms with Crippen LogP contribution in [0.5, 0.6) is 0 Å². The third kappa shape index (κ3) is 3.39. The zero-order valence-corrected chi connectivity index (χ0v) is 11.6. The van der Waals surface area contributed by atoms with Gasteiger partial charge in [0.25, 0.3) is 0 Å². The number of likely N-dealkylation sites (tertiary alicyclic amines) is 1. The molecule has 2 heterocycles. The van der Waals surface area contributed by atoms with Crippen LogP contribution in [0.4, 0.5) is 4.79 Å². The summed E-state index contributed by atoms with van der Waals surface area (Å²) in [5, 5.41) is 3.43. The molecule has 0 spiro atoms. The minimum Gasteiger partial charge on any atom is -0.445 e. The van der Waals surface area contributed by atoms with E-state index in [0.29, 0.717) is 18.6 Å². The molecule has 19 heavy (non-hydrogen) atoms. The molecule has 104 valence electrons. The monoisotopic (exact) mass is 282 g/mol. The minimum atomic E-state index is -0.183. The number of nitrogens with zero attached hydrogens (tertiary/aromatic N) is 1. The van der Waals surface area contributed by atoms with Gasteiger partial charge in [-0.25, -0.2) is 4.79 Å². The Morgan fingerprint density at radius 3 is 2.84 bits per heavy atom. The lowest BCUT2D eigenvalue weighted by molar-refractivity contribution is 0.0828. The predicted molar refractivity (Wildman–Crippen MR) is 75.3 cm³/mol. The summed E-state index contributed by atoms with van der Waals surface area (Å²) < 4.78 is 5.35. The molecule has 2 bridgehead atoms. The molecule has 0 aliphatic carbocycles. The van der Waals surface area contributed by atoms with Crippen molar-refractivity contribution in [2.75, 3.05) is 19.6 Å². The molecule has 2 unspecified atom stereocenters. The number of piperidine rings is 1. The number of hydrogen-bond acceptors (Lipinski definition) is 3. The normalized spacial score (nSPS) is 24.7. The third-order valence-corrected chi connectivity index (χ3v) is 3.70. The molecule has 0 saturated carbocycles. The Hall–Kier alpha value is -1.26. The molecule has 2 atom stereocenters. The lowest BCUT2D eigenvalue weighted by atomic mass is 10.0. The van der Waals surface area contributed by atoms with Crippen molar-refractivity contribution in [3.05, 3.63) is 35.9 Å². The summed E-state index contributed by atoms with van der Waals surface area (Å²) in [5.41, 5.74) is 1.03. The highest BCUT2D eigenvalue weighted by Crippen LogP contribution is 2.22. The fourth-order valence-corrected chi connectivity index (χ4v) is 2.79. The standard InChI is InChI=1S/C14H18N2O2.ClH/c17-14(18-10-11-4-2-1-3-5-11)16-8-12-6-13(9-16)15-7-12;/h1-5,12-13,15H,6-10H2;1H. The Morgan fingerprint density at radius 2 is 2.11 bits per heavy atom. The molecule has 2 saturated heterocycles. The van der Waals surface area contributed by atoms with E-state index in [4.69, 9.17) is 4.74 Å². The van der Waals surface area contributed by atoms with Gasteiger partial charge in [-0.2, -0.15) is 0 Å². The van der Waals surface area contributed by atoms with Gasteiger partial charge in [-0.15, -0.1) is 12.4 Å². The van der Waals surface area contributed by atoms with E-state index in [2.05, 4.69) is 5.32 Å². The maximum absolute atomic E-state index is 12.0. The summed E-state index contributed by atoms with van der Waals surface area (Å²) in [6.45, 7) is 3.01. The zero-order valence-electron chi connectivity index (χ0n) is 10.7. The van der Waals surface area contributed by atoms with Crippen LogP contribution in [-0.4, -0.2) is 36.7 Å². The first-order valence-electron chi connectivity index (χ1n) is 6.50. The van der Waals surface area contributed by atoms with Crippen molar-refractivity contribution in [3.63, 3.8) is 0 Å². The first-order valence-corrected chi connectivity index (χ1v) is 6.50. The van der Waals surface area contributed by atoms with E-state index in [1.54, 1.807) is 0 Å². The van der Waals surface area contributed by atoms with Crippen molar-refractivity contribution in [3.8, 4) is 0 Å². The van der Waals surface area contributed by atoms with E-state index >= 15 is 0 Å². The van der Waals surface area contributed by atoms with E-state index in [-0.39, 0.29) is 18.5 Å². The SMILES string of the molecule is Cl.O=C(OCc1ccccc1)N1CC2CNC(C2)C1. The summed E-state index contributed by atoms with van der Waals surface area (Å²) in [6, 6.07) is 10.3. The van der Waals surface area contributed by atoms with Crippen molar-refractivity contribution >= 4 is 18.5 Å². The average molecular weight is 283 g/mol. The van der Waals surface area contributed by atoms with Gasteiger partial charge >= 0.3 is 6.09 Å². The Kier molecular flexibility index (Phi) is 4.66. The van der Waals surface area contributed by atoms with E-state index in [9.17, 15) is 4.79 Å². The first-order chi connectivity index (χ1) is 8.81. The number of benzene rings is 1. The summed E-state index contributed by atoms with van der Waals surface area (Å²) in [6.07, 6.45) is 1.01. The number of rotatable bonds is 2. The molecule has 2 aliphatic rings. The number of fused-ring (bicyclic) bond motifs is 2. The largest absolute Gasteiger partial charge is 0.445 e. The van der Waals surface area contributed by atoms with Crippen LogP contribution in [0.3, 0.4) is 0 Å². The first kappa shape index (κ1) is 14.2. The van der Waals surface area contributed by atoms with Crippen LogP contribution < -0.4 is 5.32 Å². The Morgan fingerprint density at radius 1 is 1.32 bits per heavy atom. The molecule has 0 radical (unpaired) electrons. The molecular weight excluding hydrogens is 264 g/mol. The number of halogens is 1. The van der Waals surface area contributed by atoms with Gasteiger partial charge in [0.15, 0.2) is 0 Å². The van der Waals surface area contributed by atoms with Crippen LogP contribution in [0.15, 0.2) is 30.3 Å². The van der Waals surface area contributed by atoms with Gasteiger partial charge in [0.2, 0.25) is 0 Å². The second-order valence-corrected chi connectivity index (χ2v) is 5.15.